The van der Waals surface area contributed by atoms with E-state index in [9.17, 15) is 4.39 Å². The topological polar surface area (TPSA) is 58.9 Å². The van der Waals surface area contributed by atoms with Gasteiger partial charge in [-0.1, -0.05) is 18.2 Å². The van der Waals surface area contributed by atoms with Crippen molar-refractivity contribution in [2.45, 2.75) is 19.5 Å². The van der Waals surface area contributed by atoms with E-state index in [1.807, 2.05) is 25.6 Å². The summed E-state index contributed by atoms with van der Waals surface area (Å²) in [5.74, 6) is 1.08. The third-order valence-corrected chi connectivity index (χ3v) is 4.71. The SMILES string of the molecule is CC(Nc1cncc(-n2cnc3cc(CN(C)C)ccc32)n1)c1ccc(F)cc1. The van der Waals surface area contributed by atoms with Gasteiger partial charge in [-0.3, -0.25) is 9.55 Å². The molecule has 2 aromatic carbocycles. The maximum absolute atomic E-state index is 13.1. The molecule has 0 aliphatic carbocycles. The van der Waals surface area contributed by atoms with Crippen LogP contribution in [0.2, 0.25) is 0 Å². The van der Waals surface area contributed by atoms with Crippen molar-refractivity contribution in [3.63, 3.8) is 0 Å². The van der Waals surface area contributed by atoms with Crippen LogP contribution in [-0.4, -0.2) is 38.5 Å². The fourth-order valence-corrected chi connectivity index (χ4v) is 3.30. The number of halogens is 1. The zero-order chi connectivity index (χ0) is 20.4. The first-order chi connectivity index (χ1) is 14.0. The van der Waals surface area contributed by atoms with Crippen molar-refractivity contribution in [2.75, 3.05) is 19.4 Å². The molecule has 4 rings (SSSR count). The minimum absolute atomic E-state index is 0.0340. The van der Waals surface area contributed by atoms with Crippen molar-refractivity contribution in [1.29, 1.82) is 0 Å². The van der Waals surface area contributed by atoms with E-state index in [0.29, 0.717) is 11.6 Å². The van der Waals surface area contributed by atoms with Crippen molar-refractivity contribution in [3.8, 4) is 5.82 Å². The molecule has 0 saturated carbocycles. The lowest BCUT2D eigenvalue weighted by atomic mass is 10.1. The van der Waals surface area contributed by atoms with Crippen LogP contribution in [-0.2, 0) is 6.54 Å². The predicted octanol–water partition coefficient (Wildman–Crippen LogP) is 4.19. The fraction of sp³-hybridized carbons (Fsp3) is 0.227. The van der Waals surface area contributed by atoms with Gasteiger partial charge in [0.15, 0.2) is 5.82 Å². The van der Waals surface area contributed by atoms with Gasteiger partial charge in [0.1, 0.15) is 18.0 Å². The second-order valence-electron chi connectivity index (χ2n) is 7.36. The van der Waals surface area contributed by atoms with Crippen LogP contribution < -0.4 is 5.32 Å². The standard InChI is InChI=1S/C22H23FN6/c1-15(17-5-7-18(23)8-6-17)26-21-11-24-12-22(27-21)29-14-25-19-10-16(13-28(2)3)4-9-20(19)29/h4-12,14-15H,13H2,1-3H3,(H,26,27). The average molecular weight is 390 g/mol. The van der Waals surface area contributed by atoms with Crippen LogP contribution in [0.4, 0.5) is 10.2 Å². The number of anilines is 1. The van der Waals surface area contributed by atoms with E-state index < -0.39 is 0 Å². The molecule has 1 atom stereocenters. The molecule has 0 bridgehead atoms. The number of hydrogen-bond acceptors (Lipinski definition) is 5. The first kappa shape index (κ1) is 19.0. The molecule has 1 unspecified atom stereocenters. The quantitative estimate of drug-likeness (QED) is 0.535. The number of nitrogens with one attached hydrogen (secondary N) is 1. The maximum atomic E-state index is 13.1. The fourth-order valence-electron chi connectivity index (χ4n) is 3.30. The third-order valence-electron chi connectivity index (χ3n) is 4.71. The summed E-state index contributed by atoms with van der Waals surface area (Å²) in [6.07, 6.45) is 5.15. The number of hydrogen-bond donors (Lipinski definition) is 1. The van der Waals surface area contributed by atoms with Gasteiger partial charge >= 0.3 is 0 Å². The van der Waals surface area contributed by atoms with Crippen molar-refractivity contribution < 1.29 is 4.39 Å². The Kier molecular flexibility index (Phi) is 5.22. The summed E-state index contributed by atoms with van der Waals surface area (Å²) in [7, 11) is 4.09. The van der Waals surface area contributed by atoms with Gasteiger partial charge in [0.2, 0.25) is 0 Å². The van der Waals surface area contributed by atoms with Gasteiger partial charge in [-0.05, 0) is 56.4 Å². The highest BCUT2D eigenvalue weighted by Crippen LogP contribution is 2.21. The smallest absolute Gasteiger partial charge is 0.159 e. The Morgan fingerprint density at radius 1 is 1.10 bits per heavy atom. The Morgan fingerprint density at radius 2 is 1.90 bits per heavy atom. The summed E-state index contributed by atoms with van der Waals surface area (Å²) in [6.45, 7) is 2.86. The Labute approximate surface area is 169 Å². The van der Waals surface area contributed by atoms with E-state index in [-0.39, 0.29) is 11.9 Å². The van der Waals surface area contributed by atoms with Crippen LogP contribution in [0.1, 0.15) is 24.1 Å². The monoisotopic (exact) mass is 390 g/mol. The highest BCUT2D eigenvalue weighted by Gasteiger charge is 2.10. The Hall–Kier alpha value is -3.32. The second-order valence-corrected chi connectivity index (χ2v) is 7.36. The van der Waals surface area contributed by atoms with Crippen LogP contribution >= 0.6 is 0 Å². The van der Waals surface area contributed by atoms with Gasteiger partial charge in [0, 0.05) is 12.6 Å². The number of rotatable bonds is 6. The zero-order valence-corrected chi connectivity index (χ0v) is 16.7. The van der Waals surface area contributed by atoms with Crippen LogP contribution in [0.25, 0.3) is 16.9 Å². The minimum Gasteiger partial charge on any atom is -0.362 e. The van der Waals surface area contributed by atoms with Crippen LogP contribution in [0, 0.1) is 5.82 Å². The molecule has 6 nitrogen and oxygen atoms in total. The highest BCUT2D eigenvalue weighted by atomic mass is 19.1. The lowest BCUT2D eigenvalue weighted by molar-refractivity contribution is 0.402. The first-order valence-electron chi connectivity index (χ1n) is 9.45. The van der Waals surface area contributed by atoms with Gasteiger partial charge < -0.3 is 10.2 Å². The summed E-state index contributed by atoms with van der Waals surface area (Å²) in [4.78, 5) is 15.7. The highest BCUT2D eigenvalue weighted by molar-refractivity contribution is 5.77. The molecule has 0 radical (unpaired) electrons. The number of imidazole rings is 1. The lowest BCUT2D eigenvalue weighted by Gasteiger charge is -2.15. The average Bonchev–Trinajstić information content (AvgIpc) is 3.11. The maximum Gasteiger partial charge on any atom is 0.159 e. The molecular formula is C22H23FN6. The van der Waals surface area contributed by atoms with E-state index in [0.717, 1.165) is 23.1 Å². The van der Waals surface area contributed by atoms with Gasteiger partial charge in [-0.15, -0.1) is 0 Å². The summed E-state index contributed by atoms with van der Waals surface area (Å²) in [5.41, 5.74) is 4.08. The van der Waals surface area contributed by atoms with Crippen molar-refractivity contribution >= 4 is 16.9 Å². The van der Waals surface area contributed by atoms with Gasteiger partial charge in [-0.2, -0.15) is 0 Å². The number of fused-ring (bicyclic) bond motifs is 1. The van der Waals surface area contributed by atoms with Crippen LogP contribution in [0.3, 0.4) is 0 Å². The largest absolute Gasteiger partial charge is 0.362 e. The molecule has 0 saturated heterocycles. The normalized spacial score (nSPS) is 12.4. The van der Waals surface area contributed by atoms with E-state index in [2.05, 4.69) is 43.4 Å². The number of nitrogens with zero attached hydrogens (tertiary/aromatic N) is 5. The number of benzene rings is 2. The second kappa shape index (κ2) is 7.97. The molecule has 0 fully saturated rings. The molecule has 29 heavy (non-hydrogen) atoms. The van der Waals surface area contributed by atoms with Crippen LogP contribution in [0.5, 0.6) is 0 Å². The third kappa shape index (κ3) is 4.25. The molecule has 2 aromatic heterocycles. The van der Waals surface area contributed by atoms with Crippen molar-refractivity contribution in [1.82, 2.24) is 24.4 Å². The van der Waals surface area contributed by atoms with Crippen LogP contribution in [0.15, 0.2) is 61.2 Å². The Bertz CT molecular complexity index is 1120. The molecule has 2 heterocycles. The van der Waals surface area contributed by atoms with Gasteiger partial charge in [-0.25, -0.2) is 14.4 Å². The van der Waals surface area contributed by atoms with Crippen molar-refractivity contribution in [3.05, 3.63) is 78.1 Å². The molecule has 1 N–H and O–H groups in total. The molecular weight excluding hydrogens is 367 g/mol. The molecule has 7 heteroatoms. The molecule has 0 aliphatic heterocycles. The van der Waals surface area contributed by atoms with E-state index in [4.69, 9.17) is 0 Å². The Balaban J connectivity index is 1.59. The van der Waals surface area contributed by atoms with E-state index in [1.54, 1.807) is 30.9 Å². The zero-order valence-electron chi connectivity index (χ0n) is 16.7. The molecule has 0 aliphatic rings. The molecule has 0 amide bonds. The summed E-state index contributed by atoms with van der Waals surface area (Å²) < 4.78 is 15.1. The van der Waals surface area contributed by atoms with Crippen molar-refractivity contribution in [2.24, 2.45) is 0 Å². The van der Waals surface area contributed by atoms with Gasteiger partial charge in [0.05, 0.1) is 23.4 Å². The van der Waals surface area contributed by atoms with E-state index >= 15 is 0 Å². The molecule has 148 valence electrons. The molecule has 0 spiro atoms. The summed E-state index contributed by atoms with van der Waals surface area (Å²) in [5, 5.41) is 3.32. The minimum atomic E-state index is -0.247. The first-order valence-corrected chi connectivity index (χ1v) is 9.45. The number of aromatic nitrogens is 4. The Morgan fingerprint density at radius 3 is 2.66 bits per heavy atom. The lowest BCUT2D eigenvalue weighted by Crippen LogP contribution is -2.10. The summed E-state index contributed by atoms with van der Waals surface area (Å²) in [6, 6.07) is 12.7. The summed E-state index contributed by atoms with van der Waals surface area (Å²) >= 11 is 0. The van der Waals surface area contributed by atoms with Gasteiger partial charge in [0.25, 0.3) is 0 Å². The predicted molar refractivity (Wildman–Crippen MR) is 112 cm³/mol. The van der Waals surface area contributed by atoms with E-state index in [1.165, 1.54) is 17.7 Å². The molecule has 4 aromatic rings.